The van der Waals surface area contributed by atoms with Gasteiger partial charge in [-0.15, -0.1) is 23.7 Å². The van der Waals surface area contributed by atoms with E-state index in [1.165, 1.54) is 16.2 Å². The van der Waals surface area contributed by atoms with Crippen LogP contribution in [0.15, 0.2) is 15.9 Å². The first kappa shape index (κ1) is 18.4. The molecule has 0 aliphatic carbocycles. The normalized spacial score (nSPS) is 15.0. The lowest BCUT2D eigenvalue weighted by Gasteiger charge is -2.23. The lowest BCUT2D eigenvalue weighted by Crippen LogP contribution is -2.42. The quantitative estimate of drug-likeness (QED) is 0.848. The second kappa shape index (κ2) is 8.73. The number of amides is 2. The van der Waals surface area contributed by atoms with Crippen molar-refractivity contribution in [3.05, 3.63) is 20.8 Å². The smallest absolute Gasteiger partial charge is 0.264 e. The van der Waals surface area contributed by atoms with Crippen LogP contribution in [0.25, 0.3) is 0 Å². The number of likely N-dealkylation sites (N-methyl/N-ethyl adjacent to an activating group) is 1. The number of nitrogens with one attached hydrogen (secondary N) is 1. The van der Waals surface area contributed by atoms with E-state index in [2.05, 4.69) is 21.2 Å². The van der Waals surface area contributed by atoms with E-state index in [1.54, 1.807) is 13.1 Å². The van der Waals surface area contributed by atoms with Crippen molar-refractivity contribution in [3.63, 3.8) is 0 Å². The van der Waals surface area contributed by atoms with Gasteiger partial charge in [-0.25, -0.2) is 0 Å². The number of thiophene rings is 1. The maximum absolute atomic E-state index is 12.2. The van der Waals surface area contributed by atoms with E-state index in [-0.39, 0.29) is 30.8 Å². The van der Waals surface area contributed by atoms with E-state index in [4.69, 9.17) is 0 Å². The molecule has 0 spiro atoms. The number of rotatable bonds is 3. The first-order valence-electron chi connectivity index (χ1n) is 6.57. The van der Waals surface area contributed by atoms with Gasteiger partial charge >= 0.3 is 0 Å². The van der Waals surface area contributed by atoms with Gasteiger partial charge in [0.2, 0.25) is 5.91 Å². The number of carbonyl (C=O) groups excluding carboxylic acids is 2. The van der Waals surface area contributed by atoms with Gasteiger partial charge in [0.1, 0.15) is 0 Å². The molecule has 1 aromatic heterocycles. The maximum atomic E-state index is 12.2. The fourth-order valence-corrected chi connectivity index (χ4v) is 3.47. The second-order valence-corrected chi connectivity index (χ2v) is 7.21. The number of hydrogen-bond donors (Lipinski definition) is 1. The van der Waals surface area contributed by atoms with Crippen molar-refractivity contribution in [3.8, 4) is 0 Å². The van der Waals surface area contributed by atoms with Crippen LogP contribution in [0.2, 0.25) is 0 Å². The van der Waals surface area contributed by atoms with E-state index < -0.39 is 0 Å². The fraction of sp³-hybridized carbons (Fsp3) is 0.538. The van der Waals surface area contributed by atoms with Crippen molar-refractivity contribution >= 4 is 51.5 Å². The number of nitrogens with zero attached hydrogens (tertiary/aromatic N) is 2. The summed E-state index contributed by atoms with van der Waals surface area (Å²) in [5.74, 6) is -0.0952. The lowest BCUT2D eigenvalue weighted by atomic mass is 10.3. The Labute approximate surface area is 143 Å². The fourth-order valence-electron chi connectivity index (χ4n) is 2.09. The maximum Gasteiger partial charge on any atom is 0.264 e. The SMILES string of the molecule is CN(CC(=O)N1CCCNCC1)C(=O)c1ccc(Br)s1.Cl. The van der Waals surface area contributed by atoms with Crippen molar-refractivity contribution in [1.82, 2.24) is 15.1 Å². The van der Waals surface area contributed by atoms with E-state index in [1.807, 2.05) is 11.0 Å². The Morgan fingerprint density at radius 1 is 1.38 bits per heavy atom. The predicted octanol–water partition coefficient (Wildman–Crippen LogP) is 1.83. The Morgan fingerprint density at radius 2 is 2.14 bits per heavy atom. The molecule has 1 aliphatic rings. The summed E-state index contributed by atoms with van der Waals surface area (Å²) >= 11 is 4.72. The minimum atomic E-state index is -0.109. The van der Waals surface area contributed by atoms with Crippen molar-refractivity contribution in [2.24, 2.45) is 0 Å². The second-order valence-electron chi connectivity index (χ2n) is 4.75. The summed E-state index contributed by atoms with van der Waals surface area (Å²) in [5, 5.41) is 3.26. The first-order chi connectivity index (χ1) is 9.58. The third-order valence-corrected chi connectivity index (χ3v) is 4.81. The molecule has 1 fully saturated rings. The molecule has 2 amide bonds. The summed E-state index contributed by atoms with van der Waals surface area (Å²) in [7, 11) is 1.67. The van der Waals surface area contributed by atoms with Crippen LogP contribution in [-0.2, 0) is 4.79 Å². The van der Waals surface area contributed by atoms with Gasteiger partial charge in [-0.3, -0.25) is 9.59 Å². The minimum absolute atomic E-state index is 0. The minimum Gasteiger partial charge on any atom is -0.340 e. The standard InChI is InChI=1S/C13H18BrN3O2S.ClH/c1-16(13(19)10-3-4-11(14)20-10)9-12(18)17-7-2-5-15-6-8-17;/h3-4,15H,2,5-9H2,1H3;1H. The molecule has 2 rings (SSSR count). The molecule has 118 valence electrons. The van der Waals surface area contributed by atoms with Crippen LogP contribution in [0.3, 0.4) is 0 Å². The summed E-state index contributed by atoms with van der Waals surface area (Å²) in [5.41, 5.74) is 0. The molecule has 1 saturated heterocycles. The van der Waals surface area contributed by atoms with Crippen LogP contribution in [0.5, 0.6) is 0 Å². The van der Waals surface area contributed by atoms with Gasteiger partial charge in [0, 0.05) is 26.7 Å². The zero-order chi connectivity index (χ0) is 14.5. The van der Waals surface area contributed by atoms with E-state index in [0.29, 0.717) is 11.4 Å². The Hall–Kier alpha value is -0.630. The molecule has 0 unspecified atom stereocenters. The zero-order valence-corrected chi connectivity index (χ0v) is 15.0. The van der Waals surface area contributed by atoms with Crippen molar-refractivity contribution in [1.29, 1.82) is 0 Å². The summed E-state index contributed by atoms with van der Waals surface area (Å²) < 4.78 is 0.916. The highest BCUT2D eigenvalue weighted by molar-refractivity contribution is 9.11. The number of carbonyl (C=O) groups is 2. The number of halogens is 2. The molecule has 0 bridgehead atoms. The molecule has 0 saturated carbocycles. The van der Waals surface area contributed by atoms with Crippen LogP contribution >= 0.6 is 39.7 Å². The highest BCUT2D eigenvalue weighted by Gasteiger charge is 2.20. The lowest BCUT2D eigenvalue weighted by molar-refractivity contribution is -0.131. The third kappa shape index (κ3) is 5.25. The average Bonchev–Trinajstić information content (AvgIpc) is 2.69. The Morgan fingerprint density at radius 3 is 2.81 bits per heavy atom. The van der Waals surface area contributed by atoms with Crippen LogP contribution in [0.4, 0.5) is 0 Å². The molecule has 1 N–H and O–H groups in total. The van der Waals surface area contributed by atoms with Gasteiger partial charge < -0.3 is 15.1 Å². The average molecular weight is 397 g/mol. The largest absolute Gasteiger partial charge is 0.340 e. The summed E-state index contributed by atoms with van der Waals surface area (Å²) in [4.78, 5) is 28.3. The monoisotopic (exact) mass is 395 g/mol. The van der Waals surface area contributed by atoms with Crippen molar-refractivity contribution in [2.45, 2.75) is 6.42 Å². The molecule has 2 heterocycles. The summed E-state index contributed by atoms with van der Waals surface area (Å²) in [6.07, 6.45) is 0.960. The highest BCUT2D eigenvalue weighted by Crippen LogP contribution is 2.23. The van der Waals surface area contributed by atoms with Gasteiger partial charge in [0.05, 0.1) is 15.2 Å². The molecule has 1 aromatic rings. The third-order valence-electron chi connectivity index (χ3n) is 3.20. The molecule has 8 heteroatoms. The summed E-state index contributed by atoms with van der Waals surface area (Å²) in [6, 6.07) is 3.61. The Bertz CT molecular complexity index is 490. The van der Waals surface area contributed by atoms with E-state index in [0.717, 1.165) is 29.8 Å². The van der Waals surface area contributed by atoms with Crippen LogP contribution < -0.4 is 5.32 Å². The molecule has 0 atom stereocenters. The first-order valence-corrected chi connectivity index (χ1v) is 8.18. The summed E-state index contributed by atoms with van der Waals surface area (Å²) in [6.45, 7) is 3.38. The zero-order valence-electron chi connectivity index (χ0n) is 11.8. The van der Waals surface area contributed by atoms with Crippen molar-refractivity contribution < 1.29 is 9.59 Å². The van der Waals surface area contributed by atoms with Crippen LogP contribution in [0.1, 0.15) is 16.1 Å². The van der Waals surface area contributed by atoms with Gasteiger partial charge in [-0.2, -0.15) is 0 Å². The van der Waals surface area contributed by atoms with Gasteiger partial charge in [-0.1, -0.05) is 0 Å². The highest BCUT2D eigenvalue weighted by atomic mass is 79.9. The van der Waals surface area contributed by atoms with E-state index in [9.17, 15) is 9.59 Å². The predicted molar refractivity (Wildman–Crippen MR) is 90.3 cm³/mol. The molecule has 5 nitrogen and oxygen atoms in total. The molecule has 21 heavy (non-hydrogen) atoms. The Kier molecular flexibility index (Phi) is 7.65. The molecule has 0 aromatic carbocycles. The van der Waals surface area contributed by atoms with Gasteiger partial charge in [-0.05, 0) is 41.0 Å². The van der Waals surface area contributed by atoms with Crippen molar-refractivity contribution in [2.75, 3.05) is 39.8 Å². The topological polar surface area (TPSA) is 52.7 Å². The molecule has 1 aliphatic heterocycles. The van der Waals surface area contributed by atoms with E-state index >= 15 is 0 Å². The number of hydrogen-bond acceptors (Lipinski definition) is 4. The van der Waals surface area contributed by atoms with Crippen LogP contribution in [0, 0.1) is 0 Å². The van der Waals surface area contributed by atoms with Gasteiger partial charge in [0.25, 0.3) is 5.91 Å². The molecule has 0 radical (unpaired) electrons. The molecular weight excluding hydrogens is 378 g/mol. The Balaban J connectivity index is 0.00000220. The molecular formula is C13H19BrClN3O2S. The van der Waals surface area contributed by atoms with Crippen LogP contribution in [-0.4, -0.2) is 61.4 Å². The van der Waals surface area contributed by atoms with Gasteiger partial charge in [0.15, 0.2) is 0 Å².